The Labute approximate surface area is 84.7 Å². The number of hydrogen-bond acceptors (Lipinski definition) is 3. The van der Waals surface area contributed by atoms with Crippen LogP contribution in [0.2, 0.25) is 0 Å². The van der Waals surface area contributed by atoms with Crippen LogP contribution in [0, 0.1) is 5.92 Å². The van der Waals surface area contributed by atoms with Crippen molar-refractivity contribution < 1.29 is 9.59 Å². The maximum absolute atomic E-state index is 11.4. The zero-order valence-electron chi connectivity index (χ0n) is 8.99. The number of carbonyl (C=O) groups excluding carboxylic acids is 2. The molecule has 1 N–H and O–H groups in total. The van der Waals surface area contributed by atoms with E-state index in [4.69, 9.17) is 0 Å². The van der Waals surface area contributed by atoms with Crippen LogP contribution < -0.4 is 5.32 Å². The Morgan fingerprint density at radius 1 is 1.57 bits per heavy atom. The maximum atomic E-state index is 11.4. The fourth-order valence-corrected chi connectivity index (χ4v) is 1.83. The highest BCUT2D eigenvalue weighted by Crippen LogP contribution is 2.23. The van der Waals surface area contributed by atoms with Gasteiger partial charge >= 0.3 is 0 Å². The van der Waals surface area contributed by atoms with Gasteiger partial charge in [-0.15, -0.1) is 0 Å². The Morgan fingerprint density at radius 3 is 2.50 bits per heavy atom. The second kappa shape index (κ2) is 4.55. The van der Waals surface area contributed by atoms with E-state index >= 15 is 0 Å². The van der Waals surface area contributed by atoms with Gasteiger partial charge in [0.25, 0.3) is 0 Å². The molecule has 0 aromatic rings. The first-order chi connectivity index (χ1) is 6.61. The largest absolute Gasteiger partial charge is 0.358 e. The molecule has 0 aliphatic carbocycles. The van der Waals surface area contributed by atoms with Gasteiger partial charge in [0.15, 0.2) is 0 Å². The second-order valence-corrected chi connectivity index (χ2v) is 4.03. The standard InChI is InChI=1S/C10H18N2O2/c1-7(2)9(6-13)12-5-4-8(12)10(14)11-3/h6-9H,4-5H2,1-3H3,(H,11,14). The summed E-state index contributed by atoms with van der Waals surface area (Å²) < 4.78 is 0. The maximum Gasteiger partial charge on any atom is 0.237 e. The molecule has 2 unspecified atom stereocenters. The summed E-state index contributed by atoms with van der Waals surface area (Å²) in [5.74, 6) is 0.281. The number of nitrogens with zero attached hydrogens (tertiary/aromatic N) is 1. The Balaban J connectivity index is 2.60. The number of nitrogens with one attached hydrogen (secondary N) is 1. The Bertz CT molecular complexity index is 228. The van der Waals surface area contributed by atoms with Gasteiger partial charge in [-0.25, -0.2) is 0 Å². The van der Waals surface area contributed by atoms with Crippen molar-refractivity contribution >= 4 is 12.2 Å². The first-order valence-corrected chi connectivity index (χ1v) is 5.04. The number of aldehydes is 1. The molecule has 0 saturated carbocycles. The summed E-state index contributed by atoms with van der Waals surface area (Å²) >= 11 is 0. The summed E-state index contributed by atoms with van der Waals surface area (Å²) in [6, 6.07) is -0.219. The molecule has 4 nitrogen and oxygen atoms in total. The van der Waals surface area contributed by atoms with E-state index in [1.807, 2.05) is 18.7 Å². The predicted octanol–water partition coefficient (Wildman–Crippen LogP) is 0.0302. The summed E-state index contributed by atoms with van der Waals surface area (Å²) in [6.45, 7) is 4.84. The van der Waals surface area contributed by atoms with E-state index in [1.165, 1.54) is 0 Å². The van der Waals surface area contributed by atoms with E-state index in [1.54, 1.807) is 7.05 Å². The molecule has 1 rings (SSSR count). The number of hydrogen-bond donors (Lipinski definition) is 1. The third-order valence-corrected chi connectivity index (χ3v) is 2.82. The highest BCUT2D eigenvalue weighted by Gasteiger charge is 2.39. The average Bonchev–Trinajstić information content (AvgIpc) is 2.10. The molecule has 2 atom stereocenters. The number of carbonyl (C=O) groups is 2. The minimum atomic E-state index is -0.119. The lowest BCUT2D eigenvalue weighted by Crippen LogP contribution is -2.61. The Hall–Kier alpha value is -0.900. The molecule has 1 fully saturated rings. The van der Waals surface area contributed by atoms with Gasteiger partial charge in [-0.2, -0.15) is 0 Å². The molecule has 0 radical (unpaired) electrons. The molecule has 0 bridgehead atoms. The summed E-state index contributed by atoms with van der Waals surface area (Å²) in [5.41, 5.74) is 0. The first-order valence-electron chi connectivity index (χ1n) is 5.04. The van der Waals surface area contributed by atoms with Crippen molar-refractivity contribution in [2.24, 2.45) is 5.92 Å². The van der Waals surface area contributed by atoms with Crippen LogP contribution in [0.25, 0.3) is 0 Å². The average molecular weight is 198 g/mol. The van der Waals surface area contributed by atoms with E-state index in [0.717, 1.165) is 19.3 Å². The van der Waals surface area contributed by atoms with Crippen molar-refractivity contribution in [3.8, 4) is 0 Å². The van der Waals surface area contributed by atoms with E-state index in [-0.39, 0.29) is 23.9 Å². The highest BCUT2D eigenvalue weighted by molar-refractivity contribution is 5.83. The van der Waals surface area contributed by atoms with Gasteiger partial charge in [0, 0.05) is 13.6 Å². The quantitative estimate of drug-likeness (QED) is 0.648. The Kier molecular flexibility index (Phi) is 3.63. The van der Waals surface area contributed by atoms with Crippen molar-refractivity contribution in [3.63, 3.8) is 0 Å². The van der Waals surface area contributed by atoms with E-state index < -0.39 is 0 Å². The molecule has 0 aromatic carbocycles. The third-order valence-electron chi connectivity index (χ3n) is 2.82. The summed E-state index contributed by atoms with van der Waals surface area (Å²) in [6.07, 6.45) is 1.80. The molecule has 80 valence electrons. The predicted molar refractivity (Wildman–Crippen MR) is 53.9 cm³/mol. The SMILES string of the molecule is CNC(=O)C1CCN1C(C=O)C(C)C. The van der Waals surface area contributed by atoms with Gasteiger partial charge in [-0.1, -0.05) is 13.8 Å². The normalized spacial score (nSPS) is 24.1. The van der Waals surface area contributed by atoms with Crippen LogP contribution in [0.1, 0.15) is 20.3 Å². The zero-order chi connectivity index (χ0) is 10.7. The van der Waals surface area contributed by atoms with E-state index in [2.05, 4.69) is 5.32 Å². The minimum absolute atomic E-state index is 0.0174. The lowest BCUT2D eigenvalue weighted by molar-refractivity contribution is -0.135. The van der Waals surface area contributed by atoms with Gasteiger partial charge in [0.05, 0.1) is 12.1 Å². The Morgan fingerprint density at radius 2 is 2.21 bits per heavy atom. The van der Waals surface area contributed by atoms with Crippen LogP contribution >= 0.6 is 0 Å². The molecule has 1 heterocycles. The molecule has 14 heavy (non-hydrogen) atoms. The number of rotatable bonds is 4. The molecule has 0 aromatic heterocycles. The molecule has 1 aliphatic heterocycles. The van der Waals surface area contributed by atoms with Gasteiger partial charge < -0.3 is 10.1 Å². The molecule has 1 saturated heterocycles. The van der Waals surface area contributed by atoms with Crippen LogP contribution in [0.3, 0.4) is 0 Å². The third kappa shape index (κ3) is 1.95. The van der Waals surface area contributed by atoms with Crippen LogP contribution in [-0.2, 0) is 9.59 Å². The number of likely N-dealkylation sites (tertiary alicyclic amines) is 1. The van der Waals surface area contributed by atoms with Gasteiger partial charge in [0.2, 0.25) is 5.91 Å². The highest BCUT2D eigenvalue weighted by atomic mass is 16.2. The van der Waals surface area contributed by atoms with Gasteiger partial charge in [0.1, 0.15) is 6.29 Å². The fourth-order valence-electron chi connectivity index (χ4n) is 1.83. The number of likely N-dealkylation sites (N-methyl/N-ethyl adjacent to an activating group) is 1. The number of amides is 1. The van der Waals surface area contributed by atoms with Crippen molar-refractivity contribution in [2.75, 3.05) is 13.6 Å². The monoisotopic (exact) mass is 198 g/mol. The van der Waals surface area contributed by atoms with Crippen LogP contribution in [0.4, 0.5) is 0 Å². The molecule has 1 aliphatic rings. The summed E-state index contributed by atoms with van der Waals surface area (Å²) in [7, 11) is 1.63. The minimum Gasteiger partial charge on any atom is -0.358 e. The van der Waals surface area contributed by atoms with Gasteiger partial charge in [-0.05, 0) is 12.3 Å². The van der Waals surface area contributed by atoms with Crippen LogP contribution in [0.15, 0.2) is 0 Å². The van der Waals surface area contributed by atoms with Gasteiger partial charge in [-0.3, -0.25) is 9.69 Å². The molecular formula is C10H18N2O2. The fraction of sp³-hybridized carbons (Fsp3) is 0.800. The summed E-state index contributed by atoms with van der Waals surface area (Å²) in [5, 5.41) is 2.62. The van der Waals surface area contributed by atoms with Crippen molar-refractivity contribution in [2.45, 2.75) is 32.4 Å². The molecular weight excluding hydrogens is 180 g/mol. The van der Waals surface area contributed by atoms with Crippen LogP contribution in [0.5, 0.6) is 0 Å². The van der Waals surface area contributed by atoms with Crippen molar-refractivity contribution in [1.82, 2.24) is 10.2 Å². The second-order valence-electron chi connectivity index (χ2n) is 4.03. The summed E-state index contributed by atoms with van der Waals surface area (Å²) in [4.78, 5) is 24.2. The molecule has 0 spiro atoms. The lowest BCUT2D eigenvalue weighted by atomic mass is 9.94. The van der Waals surface area contributed by atoms with E-state index in [0.29, 0.717) is 0 Å². The van der Waals surface area contributed by atoms with E-state index in [9.17, 15) is 9.59 Å². The van der Waals surface area contributed by atoms with Crippen LogP contribution in [-0.4, -0.2) is 42.8 Å². The topological polar surface area (TPSA) is 49.4 Å². The molecule has 1 amide bonds. The first kappa shape index (κ1) is 11.2. The molecule has 4 heteroatoms. The van der Waals surface area contributed by atoms with Crippen molar-refractivity contribution in [3.05, 3.63) is 0 Å². The zero-order valence-corrected chi connectivity index (χ0v) is 8.99. The smallest absolute Gasteiger partial charge is 0.237 e. The lowest BCUT2D eigenvalue weighted by Gasteiger charge is -2.44. The van der Waals surface area contributed by atoms with Crippen molar-refractivity contribution in [1.29, 1.82) is 0 Å².